The smallest absolute Gasteiger partial charge is 0.303 e. The van der Waals surface area contributed by atoms with Crippen LogP contribution in [-0.4, -0.2) is 28.6 Å². The Balaban J connectivity index is 1.88. The fourth-order valence-corrected chi connectivity index (χ4v) is 3.08. The molecule has 0 spiro atoms. The summed E-state index contributed by atoms with van der Waals surface area (Å²) in [5.74, 6) is 0.258. The van der Waals surface area contributed by atoms with Crippen LogP contribution in [0.5, 0.6) is 5.75 Å². The van der Waals surface area contributed by atoms with Gasteiger partial charge in [0.1, 0.15) is 24.5 Å². The van der Waals surface area contributed by atoms with E-state index in [9.17, 15) is 9.18 Å². The zero-order valence-electron chi connectivity index (χ0n) is 15.9. The van der Waals surface area contributed by atoms with E-state index in [-0.39, 0.29) is 6.61 Å². The summed E-state index contributed by atoms with van der Waals surface area (Å²) in [5, 5.41) is 3.74. The minimum absolute atomic E-state index is 0.134. The molecule has 8 heteroatoms. The highest BCUT2D eigenvalue weighted by Gasteiger charge is 2.14. The number of rotatable bonds is 7. The summed E-state index contributed by atoms with van der Waals surface area (Å²) in [7, 11) is 0. The van der Waals surface area contributed by atoms with Crippen molar-refractivity contribution in [3.63, 3.8) is 0 Å². The van der Waals surface area contributed by atoms with Crippen molar-refractivity contribution >= 4 is 44.3 Å². The van der Waals surface area contributed by atoms with E-state index in [1.165, 1.54) is 19.3 Å². The molecule has 0 fully saturated rings. The molecule has 1 heterocycles. The Morgan fingerprint density at radius 2 is 2.17 bits per heavy atom. The molecule has 1 atom stereocenters. The quantitative estimate of drug-likeness (QED) is 0.392. The Morgan fingerprint density at radius 1 is 1.38 bits per heavy atom. The third-order valence-corrected chi connectivity index (χ3v) is 4.73. The lowest BCUT2D eigenvalue weighted by molar-refractivity contribution is -0.145. The highest BCUT2D eigenvalue weighted by molar-refractivity contribution is 9.10. The van der Waals surface area contributed by atoms with Crippen LogP contribution in [0.3, 0.4) is 0 Å². The second-order valence-corrected chi connectivity index (χ2v) is 7.13. The molecule has 29 heavy (non-hydrogen) atoms. The van der Waals surface area contributed by atoms with Crippen molar-refractivity contribution < 1.29 is 18.7 Å². The lowest BCUT2D eigenvalue weighted by atomic mass is 10.1. The first-order valence-electron chi connectivity index (χ1n) is 8.78. The Bertz CT molecular complexity index is 1070. The zero-order valence-corrected chi connectivity index (χ0v) is 17.5. The van der Waals surface area contributed by atoms with Crippen molar-refractivity contribution in [2.75, 3.05) is 11.9 Å². The van der Waals surface area contributed by atoms with Crippen molar-refractivity contribution in [1.29, 1.82) is 0 Å². The normalized spacial score (nSPS) is 11.7. The summed E-state index contributed by atoms with van der Waals surface area (Å²) in [6.45, 7) is 6.98. The SMILES string of the molecule is C=CC(COc1cc2ncnc(Nc3cccc(Br)c3F)c2cc1C)OC(C)=O. The van der Waals surface area contributed by atoms with Crippen LogP contribution in [0.4, 0.5) is 15.9 Å². The molecule has 6 nitrogen and oxygen atoms in total. The number of carbonyl (C=O) groups is 1. The van der Waals surface area contributed by atoms with Gasteiger partial charge in [0.25, 0.3) is 0 Å². The zero-order chi connectivity index (χ0) is 21.0. The Kier molecular flexibility index (Phi) is 6.43. The first kappa shape index (κ1) is 20.7. The number of benzene rings is 2. The number of fused-ring (bicyclic) bond motifs is 1. The molecule has 3 rings (SSSR count). The van der Waals surface area contributed by atoms with E-state index in [0.717, 1.165) is 10.9 Å². The summed E-state index contributed by atoms with van der Waals surface area (Å²) in [4.78, 5) is 19.6. The molecule has 0 bridgehead atoms. The molecule has 0 aliphatic rings. The predicted octanol–water partition coefficient (Wildman–Crippen LogP) is 5.08. The fraction of sp³-hybridized carbons (Fsp3) is 0.190. The first-order valence-corrected chi connectivity index (χ1v) is 9.57. The molecule has 1 unspecified atom stereocenters. The summed E-state index contributed by atoms with van der Waals surface area (Å²) >= 11 is 3.18. The maximum absolute atomic E-state index is 14.3. The number of nitrogens with one attached hydrogen (secondary N) is 1. The van der Waals surface area contributed by atoms with Gasteiger partial charge in [0.05, 0.1) is 15.7 Å². The van der Waals surface area contributed by atoms with E-state index < -0.39 is 17.9 Å². The van der Waals surface area contributed by atoms with Gasteiger partial charge in [0, 0.05) is 18.4 Å². The third-order valence-electron chi connectivity index (χ3n) is 4.12. The predicted molar refractivity (Wildman–Crippen MR) is 113 cm³/mol. The van der Waals surface area contributed by atoms with Crippen LogP contribution in [0.25, 0.3) is 10.9 Å². The van der Waals surface area contributed by atoms with Crippen LogP contribution >= 0.6 is 15.9 Å². The molecule has 0 amide bonds. The van der Waals surface area contributed by atoms with E-state index in [2.05, 4.69) is 37.8 Å². The van der Waals surface area contributed by atoms with Crippen LogP contribution in [-0.2, 0) is 9.53 Å². The highest BCUT2D eigenvalue weighted by Crippen LogP contribution is 2.31. The van der Waals surface area contributed by atoms with Crippen molar-refractivity contribution in [3.8, 4) is 5.75 Å². The molecule has 0 saturated carbocycles. The molecule has 1 aromatic heterocycles. The summed E-state index contributed by atoms with van der Waals surface area (Å²) in [5.41, 5.74) is 1.75. The second kappa shape index (κ2) is 9.00. The van der Waals surface area contributed by atoms with E-state index in [0.29, 0.717) is 27.2 Å². The number of esters is 1. The third kappa shape index (κ3) is 4.89. The lowest BCUT2D eigenvalue weighted by Crippen LogP contribution is -2.21. The van der Waals surface area contributed by atoms with Gasteiger partial charge >= 0.3 is 5.97 Å². The molecule has 150 valence electrons. The monoisotopic (exact) mass is 459 g/mol. The Morgan fingerprint density at radius 3 is 2.90 bits per heavy atom. The molecule has 3 aromatic rings. The standard InChI is InChI=1S/C21H19BrFN3O3/c1-4-14(29-13(3)27)10-28-19-9-18-15(8-12(19)2)21(25-11-24-18)26-17-7-5-6-16(22)20(17)23/h4-9,11,14H,1,10H2,2-3H3,(H,24,25,26). The molecule has 0 saturated heterocycles. The number of hydrogen-bond acceptors (Lipinski definition) is 6. The molecule has 0 aliphatic heterocycles. The van der Waals surface area contributed by atoms with E-state index in [4.69, 9.17) is 9.47 Å². The van der Waals surface area contributed by atoms with E-state index >= 15 is 0 Å². The maximum Gasteiger partial charge on any atom is 0.303 e. The van der Waals surface area contributed by atoms with Gasteiger partial charge in [-0.1, -0.05) is 12.6 Å². The summed E-state index contributed by atoms with van der Waals surface area (Å²) in [6.07, 6.45) is 2.35. The average Bonchev–Trinajstić information content (AvgIpc) is 2.69. The number of carbonyl (C=O) groups excluding carboxylic acids is 1. The molecular weight excluding hydrogens is 441 g/mol. The minimum Gasteiger partial charge on any atom is -0.489 e. The van der Waals surface area contributed by atoms with Gasteiger partial charge in [-0.15, -0.1) is 0 Å². The van der Waals surface area contributed by atoms with Crippen molar-refractivity contribution in [1.82, 2.24) is 9.97 Å². The summed E-state index contributed by atoms with van der Waals surface area (Å²) < 4.78 is 25.6. The van der Waals surface area contributed by atoms with Gasteiger partial charge < -0.3 is 14.8 Å². The van der Waals surface area contributed by atoms with Crippen molar-refractivity contribution in [2.45, 2.75) is 20.0 Å². The van der Waals surface area contributed by atoms with Gasteiger partial charge in [-0.2, -0.15) is 0 Å². The lowest BCUT2D eigenvalue weighted by Gasteiger charge is -2.16. The number of anilines is 2. The van der Waals surface area contributed by atoms with Crippen molar-refractivity contribution in [2.24, 2.45) is 0 Å². The van der Waals surface area contributed by atoms with Gasteiger partial charge in [-0.05, 0) is 52.7 Å². The van der Waals surface area contributed by atoms with Gasteiger partial charge in [0.15, 0.2) is 11.9 Å². The number of aryl methyl sites for hydroxylation is 1. The molecule has 0 radical (unpaired) electrons. The second-order valence-electron chi connectivity index (χ2n) is 6.28. The molecular formula is C21H19BrFN3O3. The van der Waals surface area contributed by atoms with Crippen LogP contribution in [0, 0.1) is 12.7 Å². The van der Waals surface area contributed by atoms with E-state index in [1.807, 2.05) is 13.0 Å². The van der Waals surface area contributed by atoms with Gasteiger partial charge in [-0.3, -0.25) is 4.79 Å². The number of aromatic nitrogens is 2. The van der Waals surface area contributed by atoms with Crippen LogP contribution in [0.1, 0.15) is 12.5 Å². The van der Waals surface area contributed by atoms with Crippen molar-refractivity contribution in [3.05, 3.63) is 65.2 Å². The fourth-order valence-electron chi connectivity index (χ4n) is 2.71. The van der Waals surface area contributed by atoms with Crippen LogP contribution < -0.4 is 10.1 Å². The molecule has 1 N–H and O–H groups in total. The van der Waals surface area contributed by atoms with Gasteiger partial charge in [-0.25, -0.2) is 14.4 Å². The topological polar surface area (TPSA) is 73.3 Å². The minimum atomic E-state index is -0.551. The Labute approximate surface area is 175 Å². The van der Waals surface area contributed by atoms with E-state index in [1.54, 1.807) is 24.3 Å². The molecule has 0 aliphatic carbocycles. The number of hydrogen-bond donors (Lipinski definition) is 1. The highest BCUT2D eigenvalue weighted by atomic mass is 79.9. The Hall–Kier alpha value is -3.00. The average molecular weight is 460 g/mol. The number of ether oxygens (including phenoxy) is 2. The molecule has 2 aromatic carbocycles. The van der Waals surface area contributed by atoms with Gasteiger partial charge in [0.2, 0.25) is 0 Å². The maximum atomic E-state index is 14.3. The number of nitrogens with zero attached hydrogens (tertiary/aromatic N) is 2. The van der Waals surface area contributed by atoms with Crippen LogP contribution in [0.2, 0.25) is 0 Å². The largest absolute Gasteiger partial charge is 0.489 e. The first-order chi connectivity index (χ1) is 13.9. The number of halogens is 2. The van der Waals surface area contributed by atoms with Crippen LogP contribution in [0.15, 0.2) is 53.8 Å². The summed E-state index contributed by atoms with van der Waals surface area (Å²) in [6, 6.07) is 8.61.